The van der Waals surface area contributed by atoms with Crippen LogP contribution in [-0.4, -0.2) is 75.3 Å². The topological polar surface area (TPSA) is 120 Å². The van der Waals surface area contributed by atoms with E-state index in [9.17, 15) is 9.59 Å². The number of anilines is 3. The normalized spacial score (nSPS) is 20.5. The fourth-order valence-electron chi connectivity index (χ4n) is 4.16. The number of aryl methyl sites for hydroxylation is 1. The lowest BCUT2D eigenvalue weighted by Gasteiger charge is -2.24. The molecular formula is C21H25N9O2S. The summed E-state index contributed by atoms with van der Waals surface area (Å²) in [5.41, 5.74) is 0.977. The van der Waals surface area contributed by atoms with Gasteiger partial charge in [0.2, 0.25) is 11.9 Å². The Balaban J connectivity index is 1.30. The SMILES string of the molecule is Cc1cc(N2CCCN(c3ncnc(/C=C4\SC(=O)NC4=O)n3)CC2)nc(N2CCCC2)n1. The van der Waals surface area contributed by atoms with Crippen molar-refractivity contribution in [3.05, 3.63) is 28.8 Å². The summed E-state index contributed by atoms with van der Waals surface area (Å²) >= 11 is 0.848. The average molecular weight is 468 g/mol. The summed E-state index contributed by atoms with van der Waals surface area (Å²) in [6.45, 7) is 7.25. The highest BCUT2D eigenvalue weighted by atomic mass is 32.2. The standard InChI is InChI=1S/C21H25N9O2S/c1-14-11-17(26-20(24-14)29-5-2-3-6-29)28-7-4-8-30(10-9-28)19-23-13-22-16(25-19)12-15-18(31)27-21(32)33-15/h11-13H,2-10H2,1H3,(H,27,31,32)/b15-12-. The number of nitrogens with one attached hydrogen (secondary N) is 1. The highest BCUT2D eigenvalue weighted by Gasteiger charge is 2.26. The van der Waals surface area contributed by atoms with Gasteiger partial charge in [-0.15, -0.1) is 0 Å². The van der Waals surface area contributed by atoms with Crippen LogP contribution in [0, 0.1) is 6.92 Å². The van der Waals surface area contributed by atoms with Crippen LogP contribution in [0.2, 0.25) is 0 Å². The molecule has 2 amide bonds. The maximum Gasteiger partial charge on any atom is 0.290 e. The summed E-state index contributed by atoms with van der Waals surface area (Å²) in [5.74, 6) is 2.28. The first-order valence-corrected chi connectivity index (χ1v) is 11.9. The van der Waals surface area contributed by atoms with Crippen LogP contribution >= 0.6 is 11.8 Å². The second-order valence-electron chi connectivity index (χ2n) is 8.19. The first-order chi connectivity index (χ1) is 16.0. The van der Waals surface area contributed by atoms with Crippen LogP contribution in [0.5, 0.6) is 0 Å². The van der Waals surface area contributed by atoms with E-state index in [0.717, 1.165) is 74.9 Å². The van der Waals surface area contributed by atoms with E-state index in [4.69, 9.17) is 4.98 Å². The third-order valence-electron chi connectivity index (χ3n) is 5.80. The number of amides is 2. The van der Waals surface area contributed by atoms with Crippen LogP contribution in [0.25, 0.3) is 6.08 Å². The van der Waals surface area contributed by atoms with Gasteiger partial charge in [-0.1, -0.05) is 0 Å². The molecule has 0 saturated carbocycles. The Hall–Kier alpha value is -3.28. The molecule has 3 aliphatic heterocycles. The number of hydrogen-bond acceptors (Lipinski definition) is 11. The monoisotopic (exact) mass is 467 g/mol. The molecule has 2 aromatic rings. The summed E-state index contributed by atoms with van der Waals surface area (Å²) < 4.78 is 0. The number of rotatable bonds is 4. The van der Waals surface area contributed by atoms with E-state index in [1.165, 1.54) is 25.2 Å². The zero-order valence-corrected chi connectivity index (χ0v) is 19.2. The summed E-state index contributed by atoms with van der Waals surface area (Å²) in [7, 11) is 0. The van der Waals surface area contributed by atoms with E-state index in [1.54, 1.807) is 0 Å². The molecule has 0 spiro atoms. The Morgan fingerprint density at radius 3 is 2.39 bits per heavy atom. The lowest BCUT2D eigenvalue weighted by Crippen LogP contribution is -2.32. The molecule has 12 heteroatoms. The van der Waals surface area contributed by atoms with Crippen molar-refractivity contribution in [2.45, 2.75) is 26.2 Å². The van der Waals surface area contributed by atoms with E-state index in [-0.39, 0.29) is 10.1 Å². The maximum absolute atomic E-state index is 11.8. The maximum atomic E-state index is 11.8. The third-order valence-corrected chi connectivity index (χ3v) is 6.61. The molecule has 2 aromatic heterocycles. The first-order valence-electron chi connectivity index (χ1n) is 11.1. The van der Waals surface area contributed by atoms with E-state index in [0.29, 0.717) is 11.8 Å². The number of carbonyl (C=O) groups is 2. The summed E-state index contributed by atoms with van der Waals surface area (Å²) in [6.07, 6.45) is 6.26. The molecule has 0 aromatic carbocycles. The van der Waals surface area contributed by atoms with Crippen molar-refractivity contribution in [1.29, 1.82) is 0 Å². The largest absolute Gasteiger partial charge is 0.355 e. The van der Waals surface area contributed by atoms with E-state index >= 15 is 0 Å². The fourth-order valence-corrected chi connectivity index (χ4v) is 4.82. The van der Waals surface area contributed by atoms with Gasteiger partial charge in [0.1, 0.15) is 12.1 Å². The van der Waals surface area contributed by atoms with E-state index < -0.39 is 5.91 Å². The van der Waals surface area contributed by atoms with Gasteiger partial charge < -0.3 is 14.7 Å². The number of aromatic nitrogens is 5. The van der Waals surface area contributed by atoms with Crippen LogP contribution in [0.15, 0.2) is 17.3 Å². The minimum absolute atomic E-state index is 0.284. The molecule has 0 unspecified atom stereocenters. The Kier molecular flexibility index (Phi) is 6.07. The molecule has 3 aliphatic rings. The number of hydrogen-bond donors (Lipinski definition) is 1. The number of nitrogens with zero attached hydrogens (tertiary/aromatic N) is 8. The molecule has 3 saturated heterocycles. The highest BCUT2D eigenvalue weighted by Crippen LogP contribution is 2.25. The van der Waals surface area contributed by atoms with Gasteiger partial charge in [0.15, 0.2) is 5.82 Å². The lowest BCUT2D eigenvalue weighted by atomic mass is 10.3. The molecule has 0 radical (unpaired) electrons. The third kappa shape index (κ3) is 4.90. The molecular weight excluding hydrogens is 442 g/mol. The second-order valence-corrected chi connectivity index (χ2v) is 9.20. The van der Waals surface area contributed by atoms with Gasteiger partial charge in [-0.25, -0.2) is 15.0 Å². The molecule has 3 fully saturated rings. The minimum Gasteiger partial charge on any atom is -0.355 e. The summed E-state index contributed by atoms with van der Waals surface area (Å²) in [6, 6.07) is 2.05. The molecule has 172 valence electrons. The van der Waals surface area contributed by atoms with Crippen molar-refractivity contribution >= 4 is 46.7 Å². The minimum atomic E-state index is -0.425. The predicted molar refractivity (Wildman–Crippen MR) is 126 cm³/mol. The molecule has 0 aliphatic carbocycles. The van der Waals surface area contributed by atoms with Crippen LogP contribution in [-0.2, 0) is 4.79 Å². The second kappa shape index (κ2) is 9.30. The molecule has 1 N–H and O–H groups in total. The Labute approximate surface area is 195 Å². The molecule has 0 atom stereocenters. The van der Waals surface area contributed by atoms with Crippen LogP contribution < -0.4 is 20.0 Å². The Morgan fingerprint density at radius 1 is 0.879 bits per heavy atom. The molecule has 5 rings (SSSR count). The van der Waals surface area contributed by atoms with Gasteiger partial charge in [-0.3, -0.25) is 14.9 Å². The smallest absolute Gasteiger partial charge is 0.290 e. The number of imide groups is 1. The quantitative estimate of drug-likeness (QED) is 0.660. The van der Waals surface area contributed by atoms with E-state index in [1.807, 2.05) is 13.0 Å². The summed E-state index contributed by atoms with van der Waals surface area (Å²) in [5, 5.41) is 1.85. The Morgan fingerprint density at radius 2 is 1.61 bits per heavy atom. The van der Waals surface area contributed by atoms with Gasteiger partial charge in [0, 0.05) is 57.1 Å². The molecule has 5 heterocycles. The van der Waals surface area contributed by atoms with Gasteiger partial charge in [-0.05, 0) is 37.9 Å². The lowest BCUT2D eigenvalue weighted by molar-refractivity contribution is -0.115. The van der Waals surface area contributed by atoms with Gasteiger partial charge >= 0.3 is 0 Å². The highest BCUT2D eigenvalue weighted by molar-refractivity contribution is 8.18. The van der Waals surface area contributed by atoms with Crippen LogP contribution in [0.4, 0.5) is 22.5 Å². The van der Waals surface area contributed by atoms with Crippen LogP contribution in [0.1, 0.15) is 30.8 Å². The van der Waals surface area contributed by atoms with Gasteiger partial charge in [-0.2, -0.15) is 9.97 Å². The fraction of sp³-hybridized carbons (Fsp3) is 0.476. The molecule has 0 bridgehead atoms. The zero-order valence-electron chi connectivity index (χ0n) is 18.4. The zero-order chi connectivity index (χ0) is 22.8. The van der Waals surface area contributed by atoms with E-state index in [2.05, 4.69) is 40.0 Å². The molecule has 33 heavy (non-hydrogen) atoms. The van der Waals surface area contributed by atoms with Crippen molar-refractivity contribution in [2.24, 2.45) is 0 Å². The predicted octanol–water partition coefficient (Wildman–Crippen LogP) is 1.61. The van der Waals surface area contributed by atoms with Crippen LogP contribution in [0.3, 0.4) is 0 Å². The van der Waals surface area contributed by atoms with Crippen molar-refractivity contribution < 1.29 is 9.59 Å². The van der Waals surface area contributed by atoms with Crippen molar-refractivity contribution in [2.75, 3.05) is 54.0 Å². The van der Waals surface area contributed by atoms with Crippen molar-refractivity contribution in [3.8, 4) is 0 Å². The van der Waals surface area contributed by atoms with Gasteiger partial charge in [0.25, 0.3) is 11.1 Å². The number of thioether (sulfide) groups is 1. The van der Waals surface area contributed by atoms with Crippen molar-refractivity contribution in [1.82, 2.24) is 30.2 Å². The average Bonchev–Trinajstić information content (AvgIpc) is 3.36. The molecule has 11 nitrogen and oxygen atoms in total. The van der Waals surface area contributed by atoms with Gasteiger partial charge in [0.05, 0.1) is 4.91 Å². The van der Waals surface area contributed by atoms with Crippen molar-refractivity contribution in [3.63, 3.8) is 0 Å². The first kappa shape index (κ1) is 21.6. The Bertz CT molecular complexity index is 1100. The number of carbonyl (C=O) groups excluding carboxylic acids is 2. The summed E-state index contributed by atoms with van der Waals surface area (Å²) in [4.78, 5) is 52.7.